The van der Waals surface area contributed by atoms with Crippen LogP contribution in [0.2, 0.25) is 0 Å². The average molecular weight is 504 g/mol. The summed E-state index contributed by atoms with van der Waals surface area (Å²) in [5.41, 5.74) is 2.92. The van der Waals surface area contributed by atoms with E-state index in [1.165, 1.54) is 0 Å². The van der Waals surface area contributed by atoms with Crippen LogP contribution in [0.15, 0.2) is 91.0 Å². The number of likely N-dealkylation sites (tertiary alicyclic amines) is 1. The Balaban J connectivity index is 1.58. The van der Waals surface area contributed by atoms with Gasteiger partial charge in [0.15, 0.2) is 0 Å². The van der Waals surface area contributed by atoms with Crippen molar-refractivity contribution in [3.63, 3.8) is 0 Å². The lowest BCUT2D eigenvalue weighted by Gasteiger charge is -2.49. The van der Waals surface area contributed by atoms with Crippen molar-refractivity contribution >= 4 is 5.91 Å². The second-order valence-corrected chi connectivity index (χ2v) is 9.47. The maximum Gasteiger partial charge on any atom is 0.225 e. The standard InChI is InChI=1S/C31H37NO5/c1-2-3-19-32-28(24-35-21-25-13-7-4-8-14-25)31(34,37-23-27-17-11-6-12-18-27)29(20-30(32)33)36-22-26-15-9-5-10-16-26/h4-18,28-29,34H,2-3,19-24H2,1H3. The lowest BCUT2D eigenvalue weighted by atomic mass is 9.90. The minimum absolute atomic E-state index is 0.0387. The minimum atomic E-state index is -1.75. The molecule has 3 unspecified atom stereocenters. The molecule has 1 aliphatic heterocycles. The van der Waals surface area contributed by atoms with Gasteiger partial charge in [-0.15, -0.1) is 0 Å². The van der Waals surface area contributed by atoms with Crippen LogP contribution in [0.3, 0.4) is 0 Å². The van der Waals surface area contributed by atoms with Gasteiger partial charge in [-0.2, -0.15) is 0 Å². The average Bonchev–Trinajstić information content (AvgIpc) is 2.94. The summed E-state index contributed by atoms with van der Waals surface area (Å²) in [5, 5.41) is 12.2. The third-order valence-corrected chi connectivity index (χ3v) is 6.74. The number of rotatable bonds is 13. The summed E-state index contributed by atoms with van der Waals surface area (Å²) >= 11 is 0. The van der Waals surface area contributed by atoms with E-state index in [0.29, 0.717) is 13.2 Å². The van der Waals surface area contributed by atoms with E-state index in [-0.39, 0.29) is 32.1 Å². The predicted molar refractivity (Wildman–Crippen MR) is 142 cm³/mol. The number of hydrogen-bond acceptors (Lipinski definition) is 5. The molecule has 0 saturated carbocycles. The van der Waals surface area contributed by atoms with Crippen LogP contribution >= 0.6 is 0 Å². The van der Waals surface area contributed by atoms with Gasteiger partial charge in [0.1, 0.15) is 12.1 Å². The van der Waals surface area contributed by atoms with Gasteiger partial charge in [-0.1, -0.05) is 104 Å². The van der Waals surface area contributed by atoms with E-state index in [0.717, 1.165) is 29.5 Å². The van der Waals surface area contributed by atoms with Gasteiger partial charge in [0, 0.05) is 6.54 Å². The fourth-order valence-corrected chi connectivity index (χ4v) is 4.63. The third kappa shape index (κ3) is 7.27. The summed E-state index contributed by atoms with van der Waals surface area (Å²) in [6.45, 7) is 3.56. The van der Waals surface area contributed by atoms with Crippen molar-refractivity contribution in [3.05, 3.63) is 108 Å². The zero-order valence-electron chi connectivity index (χ0n) is 21.5. The summed E-state index contributed by atoms with van der Waals surface area (Å²) < 4.78 is 18.6. The number of amides is 1. The molecule has 0 bridgehead atoms. The number of carbonyl (C=O) groups excluding carboxylic acids is 1. The highest BCUT2D eigenvalue weighted by Crippen LogP contribution is 2.35. The smallest absolute Gasteiger partial charge is 0.225 e. The lowest BCUT2D eigenvalue weighted by Crippen LogP contribution is -2.68. The molecule has 196 valence electrons. The molecule has 1 N–H and O–H groups in total. The Bertz CT molecular complexity index is 1080. The van der Waals surface area contributed by atoms with Crippen LogP contribution in [-0.2, 0) is 38.8 Å². The molecule has 1 amide bonds. The number of carbonyl (C=O) groups is 1. The molecular weight excluding hydrogens is 466 g/mol. The quantitative estimate of drug-likeness (QED) is 0.329. The topological polar surface area (TPSA) is 68.2 Å². The number of piperidine rings is 1. The Morgan fingerprint density at radius 1 is 0.838 bits per heavy atom. The van der Waals surface area contributed by atoms with E-state index in [9.17, 15) is 9.90 Å². The highest BCUT2D eigenvalue weighted by Gasteiger charge is 2.55. The van der Waals surface area contributed by atoms with Crippen molar-refractivity contribution in [1.29, 1.82) is 0 Å². The highest BCUT2D eigenvalue weighted by atomic mass is 16.7. The second-order valence-electron chi connectivity index (χ2n) is 9.47. The zero-order valence-corrected chi connectivity index (χ0v) is 21.5. The SMILES string of the molecule is CCCCN1C(=O)CC(OCc2ccccc2)C(O)(OCc2ccccc2)C1COCc1ccccc1. The first-order valence-corrected chi connectivity index (χ1v) is 13.1. The van der Waals surface area contributed by atoms with Crippen molar-refractivity contribution in [3.8, 4) is 0 Å². The maximum atomic E-state index is 13.4. The number of nitrogens with zero attached hydrogens (tertiary/aromatic N) is 1. The zero-order chi connectivity index (χ0) is 25.9. The molecular formula is C31H37NO5. The minimum Gasteiger partial charge on any atom is -0.374 e. The molecule has 3 aromatic carbocycles. The van der Waals surface area contributed by atoms with Crippen LogP contribution in [0, 0.1) is 0 Å². The summed E-state index contributed by atoms with van der Waals surface area (Å²) in [6, 6.07) is 28.6. The van der Waals surface area contributed by atoms with Gasteiger partial charge in [-0.3, -0.25) is 4.79 Å². The Morgan fingerprint density at radius 3 is 1.95 bits per heavy atom. The fraction of sp³-hybridized carbons (Fsp3) is 0.387. The van der Waals surface area contributed by atoms with Crippen molar-refractivity contribution in [2.45, 2.75) is 63.9 Å². The lowest BCUT2D eigenvalue weighted by molar-refractivity contribution is -0.317. The Morgan fingerprint density at radius 2 is 1.38 bits per heavy atom. The van der Waals surface area contributed by atoms with Crippen LogP contribution in [0.25, 0.3) is 0 Å². The van der Waals surface area contributed by atoms with Gasteiger partial charge in [0.2, 0.25) is 11.7 Å². The fourth-order valence-electron chi connectivity index (χ4n) is 4.63. The molecule has 6 nitrogen and oxygen atoms in total. The Labute approximate surface area is 219 Å². The molecule has 1 fully saturated rings. The van der Waals surface area contributed by atoms with Gasteiger partial charge < -0.3 is 24.2 Å². The van der Waals surface area contributed by atoms with Crippen LogP contribution in [0.5, 0.6) is 0 Å². The Hall–Kier alpha value is -3.03. The summed E-state index contributed by atoms with van der Waals surface area (Å²) in [6.07, 6.45) is 0.952. The predicted octanol–water partition coefficient (Wildman–Crippen LogP) is 5.10. The number of unbranched alkanes of at least 4 members (excludes halogenated alkanes) is 1. The Kier molecular flexibility index (Phi) is 9.85. The summed E-state index contributed by atoms with van der Waals surface area (Å²) in [7, 11) is 0. The van der Waals surface area contributed by atoms with E-state index in [1.54, 1.807) is 4.90 Å². The molecule has 0 aromatic heterocycles. The highest BCUT2D eigenvalue weighted by molar-refractivity contribution is 5.78. The molecule has 0 aliphatic carbocycles. The van der Waals surface area contributed by atoms with Crippen LogP contribution in [0.1, 0.15) is 42.9 Å². The molecule has 4 rings (SSSR count). The largest absolute Gasteiger partial charge is 0.374 e. The van der Waals surface area contributed by atoms with Crippen molar-refractivity contribution < 1.29 is 24.1 Å². The van der Waals surface area contributed by atoms with Crippen molar-refractivity contribution in [1.82, 2.24) is 4.90 Å². The maximum absolute atomic E-state index is 13.4. The molecule has 1 heterocycles. The van der Waals surface area contributed by atoms with E-state index in [4.69, 9.17) is 14.2 Å². The third-order valence-electron chi connectivity index (χ3n) is 6.74. The van der Waals surface area contributed by atoms with Gasteiger partial charge in [0.05, 0.1) is 32.8 Å². The van der Waals surface area contributed by atoms with Crippen molar-refractivity contribution in [2.75, 3.05) is 13.2 Å². The number of benzene rings is 3. The molecule has 6 heteroatoms. The van der Waals surface area contributed by atoms with E-state index in [2.05, 4.69) is 6.92 Å². The molecule has 3 atom stereocenters. The number of ether oxygens (including phenoxy) is 3. The van der Waals surface area contributed by atoms with Crippen LogP contribution < -0.4 is 0 Å². The van der Waals surface area contributed by atoms with Gasteiger partial charge in [0.25, 0.3) is 0 Å². The first-order chi connectivity index (χ1) is 18.1. The molecule has 0 radical (unpaired) electrons. The van der Waals surface area contributed by atoms with Gasteiger partial charge >= 0.3 is 0 Å². The molecule has 37 heavy (non-hydrogen) atoms. The molecule has 1 aliphatic rings. The number of hydrogen-bond donors (Lipinski definition) is 1. The normalized spacial score (nSPS) is 21.8. The van der Waals surface area contributed by atoms with Gasteiger partial charge in [-0.25, -0.2) is 0 Å². The first-order valence-electron chi connectivity index (χ1n) is 13.1. The monoisotopic (exact) mass is 503 g/mol. The second kappa shape index (κ2) is 13.5. The van der Waals surface area contributed by atoms with Crippen LogP contribution in [0.4, 0.5) is 0 Å². The van der Waals surface area contributed by atoms with Crippen molar-refractivity contribution in [2.24, 2.45) is 0 Å². The van der Waals surface area contributed by atoms with E-state index >= 15 is 0 Å². The molecule has 1 saturated heterocycles. The molecule has 3 aromatic rings. The van der Waals surface area contributed by atoms with E-state index < -0.39 is 17.9 Å². The van der Waals surface area contributed by atoms with Gasteiger partial charge in [-0.05, 0) is 23.1 Å². The summed E-state index contributed by atoms with van der Waals surface area (Å²) in [4.78, 5) is 15.1. The van der Waals surface area contributed by atoms with E-state index in [1.807, 2.05) is 91.0 Å². The first kappa shape index (κ1) is 27.0. The molecule has 0 spiro atoms. The van der Waals surface area contributed by atoms with Crippen LogP contribution in [-0.4, -0.2) is 47.0 Å². The summed E-state index contributed by atoms with van der Waals surface area (Å²) in [5.74, 6) is -1.81. The number of aliphatic hydroxyl groups is 1.